The third-order valence-corrected chi connectivity index (χ3v) is 15.6. The van der Waals surface area contributed by atoms with Crippen molar-refractivity contribution in [1.82, 2.24) is 102 Å². The minimum Gasteiger partial charge on any atom is -0.237 e. The number of aryl methyl sites for hydroxylation is 7. The second-order valence-corrected chi connectivity index (χ2v) is 31.4. The summed E-state index contributed by atoms with van der Waals surface area (Å²) in [4.78, 5) is 29.4. The van der Waals surface area contributed by atoms with Crippen molar-refractivity contribution in [3.8, 4) is 0 Å². The summed E-state index contributed by atoms with van der Waals surface area (Å²) in [5, 5.41) is 30.3. The Balaban J connectivity index is 0.000000161. The zero-order valence-corrected chi connectivity index (χ0v) is 62.6. The van der Waals surface area contributed by atoms with Crippen LogP contribution < -0.4 is 0 Å². The maximum atomic E-state index is 7.80. The van der Waals surface area contributed by atoms with Crippen molar-refractivity contribution in [3.63, 3.8) is 0 Å². The van der Waals surface area contributed by atoms with Gasteiger partial charge in [-0.25, -0.2) is 66.5 Å². The van der Waals surface area contributed by atoms with Gasteiger partial charge in [-0.2, -0.15) is 35.7 Å². The fraction of sp³-hybridized carbons (Fsp3) is 0.455. The Morgan fingerprint density at radius 3 is 0.857 bits per heavy atom. The lowest BCUT2D eigenvalue weighted by Gasteiger charge is -2.17. The molecule has 14 aromatic rings. The lowest BCUT2D eigenvalue weighted by molar-refractivity contribution is 0.589. The van der Waals surface area contributed by atoms with Gasteiger partial charge in [-0.05, 0) is 129 Å². The minimum absolute atomic E-state index is 0.00194. The van der Waals surface area contributed by atoms with Gasteiger partial charge in [0.1, 0.15) is 0 Å². The molecule has 0 atom stereocenters. The van der Waals surface area contributed by atoms with Crippen LogP contribution in [0.5, 0.6) is 0 Å². The highest BCUT2D eigenvalue weighted by Crippen LogP contribution is 2.34. The maximum Gasteiger partial charge on any atom is 0.158 e. The number of aromatic nitrogens is 21. The summed E-state index contributed by atoms with van der Waals surface area (Å²) >= 11 is 0. The highest BCUT2D eigenvalue weighted by Gasteiger charge is 2.29. The molecule has 0 N–H and O–H groups in total. The number of hydrogen-bond acceptors (Lipinski definition) is 14. The average molecular weight is 1340 g/mol. The predicted molar refractivity (Wildman–Crippen MR) is 395 cm³/mol. The standard InChI is InChI=1S/7C11H15N3/c7*1-8-9(11(2,3)4)10-12-6-5-7-14(10)13-8/h7*5-7H,1-4H3/i5D,6D,7D;6D,7D;5D,7D;5D,6D;7D;6D;5D. The molecular formula is C77H105N21. The van der Waals surface area contributed by atoms with Gasteiger partial charge in [-0.1, -0.05) is 145 Å². The van der Waals surface area contributed by atoms with Gasteiger partial charge in [0, 0.05) is 126 Å². The Bertz CT molecular complexity index is 5720. The second-order valence-electron chi connectivity index (χ2n) is 31.4. The van der Waals surface area contributed by atoms with Gasteiger partial charge in [0.15, 0.2) is 39.5 Å². The molecule has 0 radical (unpaired) electrons. The van der Waals surface area contributed by atoms with Gasteiger partial charge in [0.05, 0.1) is 56.3 Å². The molecule has 0 amide bonds. The van der Waals surface area contributed by atoms with E-state index in [1.54, 1.807) is 55.0 Å². The number of rotatable bonds is 0. The average Bonchev–Trinajstić information content (AvgIpc) is 1.52. The molecule has 21 nitrogen and oxygen atoms in total. The van der Waals surface area contributed by atoms with Crippen molar-refractivity contribution in [3.05, 3.63) is 208 Å². The van der Waals surface area contributed by atoms with Crippen molar-refractivity contribution < 1.29 is 16.4 Å². The van der Waals surface area contributed by atoms with Crippen LogP contribution in [-0.2, 0) is 37.9 Å². The molecule has 518 valence electrons. The topological polar surface area (TPSA) is 211 Å². The molecule has 0 aliphatic heterocycles. The van der Waals surface area contributed by atoms with Crippen molar-refractivity contribution in [2.45, 2.75) is 232 Å². The van der Waals surface area contributed by atoms with Crippen LogP contribution in [-0.4, -0.2) is 102 Å². The molecule has 14 rings (SSSR count). The summed E-state index contributed by atoms with van der Waals surface area (Å²) in [7, 11) is 0. The maximum absolute atomic E-state index is 7.80. The zero-order valence-electron chi connectivity index (χ0n) is 74.6. The van der Waals surface area contributed by atoms with Gasteiger partial charge < -0.3 is 0 Å². The van der Waals surface area contributed by atoms with E-state index in [9.17, 15) is 0 Å². The summed E-state index contributed by atoms with van der Waals surface area (Å²) in [6.07, 6.45) is 10.4. The quantitative estimate of drug-likeness (QED) is 0.138. The van der Waals surface area contributed by atoms with Crippen molar-refractivity contribution in [2.24, 2.45) is 0 Å². The summed E-state index contributed by atoms with van der Waals surface area (Å²) in [6, 6.07) is 5.06. The van der Waals surface area contributed by atoms with Crippen LogP contribution in [0.4, 0.5) is 0 Å². The molecular weight excluding hydrogens is 1220 g/mol. The van der Waals surface area contributed by atoms with Gasteiger partial charge in [-0.3, -0.25) is 0 Å². The van der Waals surface area contributed by atoms with E-state index >= 15 is 0 Å². The Labute approximate surface area is 595 Å². The third kappa shape index (κ3) is 16.8. The van der Waals surface area contributed by atoms with Crippen LogP contribution in [0, 0.1) is 48.5 Å². The molecule has 21 heteroatoms. The van der Waals surface area contributed by atoms with Crippen molar-refractivity contribution in [2.75, 3.05) is 0 Å². The fourth-order valence-electron chi connectivity index (χ4n) is 12.5. The first-order valence-corrected chi connectivity index (χ1v) is 32.7. The Hall–Kier alpha value is -9.66. The summed E-state index contributed by atoms with van der Waals surface area (Å²) in [5.74, 6) is 0. The van der Waals surface area contributed by atoms with E-state index in [0.29, 0.717) is 34.8 Å². The molecule has 14 aromatic heterocycles. The van der Waals surface area contributed by atoms with Crippen LogP contribution in [0.25, 0.3) is 39.5 Å². The van der Waals surface area contributed by atoms with Gasteiger partial charge >= 0.3 is 0 Å². The molecule has 0 fully saturated rings. The van der Waals surface area contributed by atoms with E-state index in [1.165, 1.54) is 32.0 Å². The molecule has 0 bridgehead atoms. The van der Waals surface area contributed by atoms with Gasteiger partial charge in [0.25, 0.3) is 0 Å². The highest BCUT2D eigenvalue weighted by molar-refractivity contribution is 5.58. The lowest BCUT2D eigenvalue weighted by atomic mass is 9.87. The van der Waals surface area contributed by atoms with Crippen LogP contribution >= 0.6 is 0 Å². The number of fused-ring (bicyclic) bond motifs is 7. The van der Waals surface area contributed by atoms with Crippen molar-refractivity contribution >= 4 is 39.5 Å². The minimum atomic E-state index is -0.194. The first-order valence-electron chi connectivity index (χ1n) is 38.7. The zero-order chi connectivity index (χ0) is 82.9. The SMILES string of the molecule is [2H]c1cc([2H])n2nc(C)c(C(C)(C)C)c2n1.[2H]c1ccn2nc(C)c(C(C)(C)C)c2n1.[2H]c1ccnc2c(C(C)(C)C)c(C)nn12.[2H]c1cn2nc(C)c(C(C)(C)C)c2nc1[2H].[2H]c1cnc2c(C(C)(C)C)c(C)nn2c1.[2H]c1cnc2c(C(C)(C)C)c(C)nn2c1[2H].[2H]c1nc2c(C(C)(C)C)c(C)nn2c([2H])c1[2H]. The first kappa shape index (κ1) is 58.5. The first-order chi connectivity index (χ1) is 50.4. The molecule has 98 heavy (non-hydrogen) atoms. The van der Waals surface area contributed by atoms with E-state index in [1.807, 2.05) is 69.2 Å². The molecule has 0 saturated carbocycles. The summed E-state index contributed by atoms with van der Waals surface area (Å²) in [5.41, 5.74) is 18.5. The van der Waals surface area contributed by atoms with Crippen LogP contribution in [0.15, 0.2) is 129 Å². The number of hydrogen-bond donors (Lipinski definition) is 0. The van der Waals surface area contributed by atoms with Crippen LogP contribution in [0.2, 0.25) is 0 Å². The van der Waals surface area contributed by atoms with E-state index in [2.05, 4.69) is 195 Å². The molecule has 0 aromatic carbocycles. The number of nitrogens with zero attached hydrogens (tertiary/aromatic N) is 21. The molecule has 0 aliphatic rings. The van der Waals surface area contributed by atoms with Crippen LogP contribution in [0.3, 0.4) is 0 Å². The molecule has 0 aliphatic carbocycles. The molecule has 0 spiro atoms. The fourth-order valence-corrected chi connectivity index (χ4v) is 12.5. The van der Waals surface area contributed by atoms with E-state index < -0.39 is 0 Å². The van der Waals surface area contributed by atoms with E-state index in [0.717, 1.165) is 95.7 Å². The van der Waals surface area contributed by atoms with Crippen molar-refractivity contribution in [1.29, 1.82) is 0 Å². The smallest absolute Gasteiger partial charge is 0.158 e. The van der Waals surface area contributed by atoms with Gasteiger partial charge in [-0.15, -0.1) is 0 Å². The Kier molecular flexibility index (Phi) is 17.0. The third-order valence-electron chi connectivity index (χ3n) is 15.6. The summed E-state index contributed by atoms with van der Waals surface area (Å²) < 4.78 is 102. The Morgan fingerprint density at radius 1 is 0.235 bits per heavy atom. The normalized spacial score (nSPS) is 14.0. The predicted octanol–water partition coefficient (Wildman–Crippen LogP) is 16.3. The monoisotopic (exact) mass is 1340 g/mol. The summed E-state index contributed by atoms with van der Waals surface area (Å²) in [6.45, 7) is 57.7. The molecule has 14 heterocycles. The lowest BCUT2D eigenvalue weighted by Crippen LogP contribution is -2.12. The second kappa shape index (κ2) is 28.4. The Morgan fingerprint density at radius 2 is 0.480 bits per heavy atom. The largest absolute Gasteiger partial charge is 0.237 e. The van der Waals surface area contributed by atoms with E-state index in [-0.39, 0.29) is 99.2 Å². The highest BCUT2D eigenvalue weighted by atomic mass is 15.3. The molecule has 0 saturated heterocycles. The van der Waals surface area contributed by atoms with Gasteiger partial charge in [0.2, 0.25) is 0 Å². The van der Waals surface area contributed by atoms with Crippen LogP contribution in [0.1, 0.15) is 241 Å². The van der Waals surface area contributed by atoms with E-state index in [4.69, 9.17) is 16.4 Å². The molecule has 0 unspecified atom stereocenters.